The van der Waals surface area contributed by atoms with E-state index < -0.39 is 48.8 Å². The fraction of sp³-hybridized carbons (Fsp3) is 0.385. The summed E-state index contributed by atoms with van der Waals surface area (Å²) in [5.74, 6) is -2.69. The zero-order chi connectivity index (χ0) is 16.7. The number of halogens is 4. The van der Waals surface area contributed by atoms with Crippen molar-refractivity contribution >= 4 is 11.8 Å². The van der Waals surface area contributed by atoms with Gasteiger partial charge in [0.15, 0.2) is 0 Å². The number of carbonyl (C=O) groups excluding carboxylic acids is 2. The molecule has 0 radical (unpaired) electrons. The van der Waals surface area contributed by atoms with Crippen LogP contribution in [0.3, 0.4) is 0 Å². The van der Waals surface area contributed by atoms with Crippen LogP contribution in [0.25, 0.3) is 0 Å². The Labute approximate surface area is 123 Å². The summed E-state index contributed by atoms with van der Waals surface area (Å²) in [6.07, 6.45) is -2.20. The first-order valence-electron chi connectivity index (χ1n) is 6.17. The normalized spacial score (nSPS) is 13.5. The zero-order valence-corrected chi connectivity index (χ0v) is 11.5. The van der Waals surface area contributed by atoms with Crippen molar-refractivity contribution in [2.75, 3.05) is 6.61 Å². The Morgan fingerprint density at radius 1 is 1.18 bits per heavy atom. The maximum atomic E-state index is 13.9. The summed E-state index contributed by atoms with van der Waals surface area (Å²) < 4.78 is 55.1. The molecule has 0 heterocycles. The lowest BCUT2D eigenvalue weighted by Gasteiger charge is -2.19. The van der Waals surface area contributed by atoms with Crippen LogP contribution in [0.4, 0.5) is 17.6 Å². The number of rotatable bonds is 7. The highest BCUT2D eigenvalue weighted by Crippen LogP contribution is 2.17. The number of benzene rings is 1. The zero-order valence-electron chi connectivity index (χ0n) is 11.5. The van der Waals surface area contributed by atoms with Crippen LogP contribution in [0.2, 0.25) is 0 Å². The summed E-state index contributed by atoms with van der Waals surface area (Å²) >= 11 is 0. The van der Waals surface area contributed by atoms with Gasteiger partial charge in [-0.05, 0) is 6.07 Å². The van der Waals surface area contributed by atoms with Gasteiger partial charge in [-0.1, -0.05) is 18.2 Å². The minimum atomic E-state index is -3.16. The molecular formula is C13H14F4N2O3. The smallest absolute Gasteiger partial charge is 0.343 e. The fourth-order valence-electron chi connectivity index (χ4n) is 1.58. The van der Waals surface area contributed by atoms with E-state index in [0.717, 1.165) is 19.1 Å². The van der Waals surface area contributed by atoms with Crippen LogP contribution >= 0.6 is 0 Å². The minimum absolute atomic E-state index is 0.424. The van der Waals surface area contributed by atoms with Gasteiger partial charge < -0.3 is 15.4 Å². The van der Waals surface area contributed by atoms with E-state index in [-0.39, 0.29) is 0 Å². The van der Waals surface area contributed by atoms with E-state index in [2.05, 4.69) is 4.74 Å². The van der Waals surface area contributed by atoms with Crippen molar-refractivity contribution in [1.29, 1.82) is 0 Å². The third-order valence-electron chi connectivity index (χ3n) is 2.53. The van der Waals surface area contributed by atoms with Gasteiger partial charge in [0, 0.05) is 12.5 Å². The molecule has 2 unspecified atom stereocenters. The molecule has 0 aliphatic carbocycles. The van der Waals surface area contributed by atoms with Gasteiger partial charge in [-0.25, -0.2) is 8.78 Å². The van der Waals surface area contributed by atoms with E-state index in [0.29, 0.717) is 0 Å². The van der Waals surface area contributed by atoms with E-state index in [1.54, 1.807) is 5.32 Å². The second-order valence-electron chi connectivity index (χ2n) is 4.24. The van der Waals surface area contributed by atoms with E-state index >= 15 is 0 Å². The first-order valence-corrected chi connectivity index (χ1v) is 6.17. The summed E-state index contributed by atoms with van der Waals surface area (Å²) in [4.78, 5) is 22.7. The highest BCUT2D eigenvalue weighted by atomic mass is 19.3. The Morgan fingerprint density at radius 3 is 2.36 bits per heavy atom. The topological polar surface area (TPSA) is 67.4 Å². The van der Waals surface area contributed by atoms with E-state index in [9.17, 15) is 27.2 Å². The first-order chi connectivity index (χ1) is 10.3. The third kappa shape index (κ3) is 5.68. The van der Waals surface area contributed by atoms with Crippen LogP contribution in [0.1, 0.15) is 18.8 Å². The Balaban J connectivity index is 2.72. The van der Waals surface area contributed by atoms with Gasteiger partial charge in [-0.2, -0.15) is 8.78 Å². The molecule has 0 saturated carbocycles. The number of hydrogen-bond donors (Lipinski definition) is 2. The predicted octanol–water partition coefficient (Wildman–Crippen LogP) is 1.65. The molecule has 1 aromatic rings. The monoisotopic (exact) mass is 322 g/mol. The third-order valence-corrected chi connectivity index (χ3v) is 2.53. The van der Waals surface area contributed by atoms with Gasteiger partial charge in [-0.3, -0.25) is 9.59 Å². The molecule has 0 aliphatic rings. The highest BCUT2D eigenvalue weighted by Gasteiger charge is 2.25. The van der Waals surface area contributed by atoms with E-state index in [1.165, 1.54) is 12.1 Å². The molecule has 1 rings (SSSR count). The molecule has 0 bridgehead atoms. The van der Waals surface area contributed by atoms with Gasteiger partial charge >= 0.3 is 6.61 Å². The van der Waals surface area contributed by atoms with Crippen molar-refractivity contribution in [2.45, 2.75) is 25.9 Å². The fourth-order valence-corrected chi connectivity index (χ4v) is 1.58. The molecule has 5 nitrogen and oxygen atoms in total. The molecule has 0 aliphatic heterocycles. The quantitative estimate of drug-likeness (QED) is 0.592. The second kappa shape index (κ2) is 8.32. The van der Waals surface area contributed by atoms with Crippen molar-refractivity contribution in [1.82, 2.24) is 10.6 Å². The standard InChI is InChI=1S/C13H14F4N2O3/c1-7(20)18-10(6-22-13(16)17)12(21)19-11(15)8-4-2-3-5-9(8)14/h2-5,10-11,13H,6H2,1H3,(H,18,20)(H,19,21). The van der Waals surface area contributed by atoms with Crippen LogP contribution in [-0.2, 0) is 14.3 Å². The summed E-state index contributed by atoms with van der Waals surface area (Å²) in [7, 11) is 0. The molecule has 0 aromatic heterocycles. The maximum Gasteiger partial charge on any atom is 0.345 e. The van der Waals surface area contributed by atoms with E-state index in [4.69, 9.17) is 0 Å². The molecule has 2 N–H and O–H groups in total. The van der Waals surface area contributed by atoms with Crippen LogP contribution in [0.15, 0.2) is 24.3 Å². The van der Waals surface area contributed by atoms with Crippen LogP contribution in [0.5, 0.6) is 0 Å². The van der Waals surface area contributed by atoms with Crippen LogP contribution < -0.4 is 10.6 Å². The minimum Gasteiger partial charge on any atom is -0.343 e. The lowest BCUT2D eigenvalue weighted by atomic mass is 10.2. The van der Waals surface area contributed by atoms with Crippen LogP contribution in [0, 0.1) is 5.82 Å². The van der Waals surface area contributed by atoms with Crippen molar-refractivity contribution in [3.63, 3.8) is 0 Å². The average Bonchev–Trinajstić information content (AvgIpc) is 2.43. The number of alkyl halides is 3. The van der Waals surface area contributed by atoms with Gasteiger partial charge in [0.05, 0.1) is 6.61 Å². The summed E-state index contributed by atoms with van der Waals surface area (Å²) in [5.41, 5.74) is -0.424. The Bertz CT molecular complexity index is 528. The second-order valence-corrected chi connectivity index (χ2v) is 4.24. The lowest BCUT2D eigenvalue weighted by molar-refractivity contribution is -0.147. The Kier molecular flexibility index (Phi) is 6.77. The molecule has 0 fully saturated rings. The number of hydrogen-bond acceptors (Lipinski definition) is 3. The summed E-state index contributed by atoms with van der Waals surface area (Å²) in [6.45, 7) is -2.96. The molecular weight excluding hydrogens is 308 g/mol. The van der Waals surface area contributed by atoms with Crippen molar-refractivity contribution < 1.29 is 31.9 Å². The van der Waals surface area contributed by atoms with Gasteiger partial charge in [0.2, 0.25) is 18.1 Å². The van der Waals surface area contributed by atoms with E-state index in [1.807, 2.05) is 5.32 Å². The van der Waals surface area contributed by atoms with Crippen molar-refractivity contribution in [2.24, 2.45) is 0 Å². The molecule has 2 atom stereocenters. The largest absolute Gasteiger partial charge is 0.345 e. The van der Waals surface area contributed by atoms with Gasteiger partial charge in [0.1, 0.15) is 11.9 Å². The lowest BCUT2D eigenvalue weighted by Crippen LogP contribution is -2.49. The summed E-state index contributed by atoms with van der Waals surface area (Å²) in [6, 6.07) is 3.28. The molecule has 122 valence electrons. The number of nitrogens with one attached hydrogen (secondary N) is 2. The molecule has 9 heteroatoms. The molecule has 2 amide bonds. The first kappa shape index (κ1) is 17.9. The van der Waals surface area contributed by atoms with Gasteiger partial charge in [-0.15, -0.1) is 0 Å². The number of ether oxygens (including phenoxy) is 1. The number of carbonyl (C=O) groups is 2. The Morgan fingerprint density at radius 2 is 1.82 bits per heavy atom. The Hall–Kier alpha value is -2.16. The average molecular weight is 322 g/mol. The molecule has 0 spiro atoms. The van der Waals surface area contributed by atoms with Crippen molar-refractivity contribution in [3.05, 3.63) is 35.6 Å². The highest BCUT2D eigenvalue weighted by molar-refractivity contribution is 5.87. The predicted molar refractivity (Wildman–Crippen MR) is 68.0 cm³/mol. The number of amides is 2. The summed E-state index contributed by atoms with van der Waals surface area (Å²) in [5, 5.41) is 3.82. The van der Waals surface area contributed by atoms with Crippen LogP contribution in [-0.4, -0.2) is 31.1 Å². The molecule has 0 saturated heterocycles. The van der Waals surface area contributed by atoms with Crippen molar-refractivity contribution in [3.8, 4) is 0 Å². The molecule has 1 aromatic carbocycles. The van der Waals surface area contributed by atoms with Gasteiger partial charge in [0.25, 0.3) is 0 Å². The SMILES string of the molecule is CC(=O)NC(COC(F)F)C(=O)NC(F)c1ccccc1F. The maximum absolute atomic E-state index is 13.9. The molecule has 22 heavy (non-hydrogen) atoms.